The highest BCUT2D eigenvalue weighted by molar-refractivity contribution is 7.81. The van der Waals surface area contributed by atoms with Crippen molar-refractivity contribution in [3.63, 3.8) is 0 Å². The summed E-state index contributed by atoms with van der Waals surface area (Å²) in [5.41, 5.74) is 7.75. The summed E-state index contributed by atoms with van der Waals surface area (Å²) < 4.78 is 0. The van der Waals surface area contributed by atoms with Crippen LogP contribution >= 0.6 is 35.2 Å². The van der Waals surface area contributed by atoms with Gasteiger partial charge in [-0.15, -0.1) is 11.3 Å². The molecule has 0 aliphatic carbocycles. The predicted octanol–water partition coefficient (Wildman–Crippen LogP) is 4.22. The van der Waals surface area contributed by atoms with Crippen LogP contribution < -0.4 is 5.73 Å². The third-order valence-corrected chi connectivity index (χ3v) is 4.25. The number of thiazole rings is 1. The Bertz CT molecular complexity index is 573. The van der Waals surface area contributed by atoms with Gasteiger partial charge >= 0.3 is 0 Å². The number of rotatable bonds is 3. The first-order valence-electron chi connectivity index (χ1n) is 5.55. The molecular formula is C13H13ClN2S2. The zero-order valence-electron chi connectivity index (χ0n) is 10.1. The molecule has 0 aliphatic rings. The fraction of sp³-hybridized carbons (Fsp3) is 0.231. The molecule has 0 spiro atoms. The van der Waals surface area contributed by atoms with E-state index in [1.807, 2.05) is 24.3 Å². The Balaban J connectivity index is 2.49. The second-order valence-electron chi connectivity index (χ2n) is 4.26. The molecule has 0 atom stereocenters. The average molecular weight is 297 g/mol. The van der Waals surface area contributed by atoms with Crippen LogP contribution in [0, 0.1) is 0 Å². The SMILES string of the molecule is CC(C)c1nc(-c2ccc(Cl)cc2)sc1C(N)=S. The van der Waals surface area contributed by atoms with Crippen molar-refractivity contribution in [2.75, 3.05) is 0 Å². The van der Waals surface area contributed by atoms with Crippen molar-refractivity contribution >= 4 is 40.1 Å². The minimum absolute atomic E-state index is 0.304. The van der Waals surface area contributed by atoms with Gasteiger partial charge in [0.15, 0.2) is 0 Å². The van der Waals surface area contributed by atoms with E-state index in [0.29, 0.717) is 15.9 Å². The number of nitrogens with two attached hydrogens (primary N) is 1. The summed E-state index contributed by atoms with van der Waals surface area (Å²) in [4.78, 5) is 5.96. The van der Waals surface area contributed by atoms with Crippen LogP contribution in [0.15, 0.2) is 24.3 Å². The minimum atomic E-state index is 0.304. The van der Waals surface area contributed by atoms with Crippen LogP contribution in [0.3, 0.4) is 0 Å². The smallest absolute Gasteiger partial charge is 0.124 e. The van der Waals surface area contributed by atoms with Gasteiger partial charge in [0.25, 0.3) is 0 Å². The van der Waals surface area contributed by atoms with E-state index in [4.69, 9.17) is 29.6 Å². The second kappa shape index (κ2) is 5.34. The maximum absolute atomic E-state index is 5.88. The molecule has 0 amide bonds. The van der Waals surface area contributed by atoms with Gasteiger partial charge in [-0.05, 0) is 18.1 Å². The van der Waals surface area contributed by atoms with Crippen molar-refractivity contribution in [3.8, 4) is 10.6 Å². The van der Waals surface area contributed by atoms with E-state index >= 15 is 0 Å². The van der Waals surface area contributed by atoms with Crippen LogP contribution in [0.4, 0.5) is 0 Å². The van der Waals surface area contributed by atoms with Crippen LogP contribution in [-0.4, -0.2) is 9.97 Å². The molecule has 2 N–H and O–H groups in total. The molecule has 0 unspecified atom stereocenters. The average Bonchev–Trinajstić information content (AvgIpc) is 2.75. The van der Waals surface area contributed by atoms with Crippen molar-refractivity contribution in [2.24, 2.45) is 5.73 Å². The van der Waals surface area contributed by atoms with Gasteiger partial charge < -0.3 is 5.73 Å². The largest absolute Gasteiger partial charge is 0.389 e. The molecule has 0 saturated carbocycles. The Labute approximate surface area is 121 Å². The minimum Gasteiger partial charge on any atom is -0.389 e. The molecule has 0 fully saturated rings. The standard InChI is InChI=1S/C13H13ClN2S2/c1-7(2)10-11(12(15)17)18-13(16-10)8-3-5-9(14)6-4-8/h3-7H,1-2H3,(H2,15,17). The highest BCUT2D eigenvalue weighted by Gasteiger charge is 2.16. The van der Waals surface area contributed by atoms with Crippen molar-refractivity contribution in [3.05, 3.63) is 39.9 Å². The lowest BCUT2D eigenvalue weighted by molar-refractivity contribution is 0.832. The van der Waals surface area contributed by atoms with E-state index in [0.717, 1.165) is 21.1 Å². The summed E-state index contributed by atoms with van der Waals surface area (Å²) in [6.07, 6.45) is 0. The van der Waals surface area contributed by atoms with Crippen LogP contribution in [0.5, 0.6) is 0 Å². The first-order valence-corrected chi connectivity index (χ1v) is 7.15. The lowest BCUT2D eigenvalue weighted by atomic mass is 10.1. The molecule has 2 nitrogen and oxygen atoms in total. The number of benzene rings is 1. The third-order valence-electron chi connectivity index (χ3n) is 2.52. The molecule has 94 valence electrons. The maximum Gasteiger partial charge on any atom is 0.124 e. The molecule has 0 bridgehead atoms. The second-order valence-corrected chi connectivity index (χ2v) is 6.13. The van der Waals surface area contributed by atoms with Crippen molar-refractivity contribution in [1.29, 1.82) is 0 Å². The molecule has 18 heavy (non-hydrogen) atoms. The Morgan fingerprint density at radius 3 is 2.39 bits per heavy atom. The van der Waals surface area contributed by atoms with E-state index in [1.165, 1.54) is 11.3 Å². The summed E-state index contributed by atoms with van der Waals surface area (Å²) in [5, 5.41) is 1.65. The summed E-state index contributed by atoms with van der Waals surface area (Å²) in [5.74, 6) is 0.304. The highest BCUT2D eigenvalue weighted by Crippen LogP contribution is 2.32. The lowest BCUT2D eigenvalue weighted by Crippen LogP contribution is -2.10. The fourth-order valence-corrected chi connectivity index (χ4v) is 3.05. The first kappa shape index (κ1) is 13.5. The molecule has 2 rings (SSSR count). The highest BCUT2D eigenvalue weighted by atomic mass is 35.5. The summed E-state index contributed by atoms with van der Waals surface area (Å²) in [6.45, 7) is 4.17. The van der Waals surface area contributed by atoms with Crippen LogP contribution in [0.2, 0.25) is 5.02 Å². The number of thiocarbonyl (C=S) groups is 1. The van der Waals surface area contributed by atoms with E-state index in [2.05, 4.69) is 18.8 Å². The van der Waals surface area contributed by atoms with Gasteiger partial charge in [-0.3, -0.25) is 0 Å². The number of nitrogens with zero attached hydrogens (tertiary/aromatic N) is 1. The van der Waals surface area contributed by atoms with E-state index in [9.17, 15) is 0 Å². The first-order chi connectivity index (χ1) is 8.49. The quantitative estimate of drug-likeness (QED) is 0.862. The summed E-state index contributed by atoms with van der Waals surface area (Å²) in [7, 11) is 0. The molecule has 1 aromatic heterocycles. The van der Waals surface area contributed by atoms with E-state index in [-0.39, 0.29) is 0 Å². The molecule has 0 radical (unpaired) electrons. The zero-order valence-corrected chi connectivity index (χ0v) is 12.5. The molecule has 2 aromatic rings. The summed E-state index contributed by atoms with van der Waals surface area (Å²) >= 11 is 12.5. The van der Waals surface area contributed by atoms with Crippen molar-refractivity contribution < 1.29 is 0 Å². The van der Waals surface area contributed by atoms with Crippen molar-refractivity contribution in [1.82, 2.24) is 4.98 Å². The van der Waals surface area contributed by atoms with Gasteiger partial charge in [0.2, 0.25) is 0 Å². The van der Waals surface area contributed by atoms with Gasteiger partial charge in [-0.2, -0.15) is 0 Å². The molecule has 0 saturated heterocycles. The Kier molecular flexibility index (Phi) is 4.00. The molecular weight excluding hydrogens is 284 g/mol. The fourth-order valence-electron chi connectivity index (χ4n) is 1.62. The van der Waals surface area contributed by atoms with Crippen LogP contribution in [0.1, 0.15) is 30.3 Å². The van der Waals surface area contributed by atoms with Crippen molar-refractivity contribution in [2.45, 2.75) is 19.8 Å². The molecule has 1 heterocycles. The molecule has 1 aromatic carbocycles. The Morgan fingerprint density at radius 2 is 1.94 bits per heavy atom. The van der Waals surface area contributed by atoms with E-state index < -0.39 is 0 Å². The van der Waals surface area contributed by atoms with Gasteiger partial charge in [0, 0.05) is 10.6 Å². The topological polar surface area (TPSA) is 38.9 Å². The molecule has 0 aliphatic heterocycles. The number of hydrogen-bond donors (Lipinski definition) is 1. The van der Waals surface area contributed by atoms with E-state index in [1.54, 1.807) is 0 Å². The number of hydrogen-bond acceptors (Lipinski definition) is 3. The third kappa shape index (κ3) is 2.71. The molecule has 5 heteroatoms. The van der Waals surface area contributed by atoms with Crippen LogP contribution in [-0.2, 0) is 0 Å². The maximum atomic E-state index is 5.88. The Morgan fingerprint density at radius 1 is 1.33 bits per heavy atom. The number of halogens is 1. The van der Waals surface area contributed by atoms with Gasteiger partial charge in [-0.1, -0.05) is 49.8 Å². The van der Waals surface area contributed by atoms with Crippen LogP contribution in [0.25, 0.3) is 10.6 Å². The number of aromatic nitrogens is 1. The predicted molar refractivity (Wildman–Crippen MR) is 82.5 cm³/mol. The Hall–Kier alpha value is -0.970. The summed E-state index contributed by atoms with van der Waals surface area (Å²) in [6, 6.07) is 7.62. The van der Waals surface area contributed by atoms with Gasteiger partial charge in [0.1, 0.15) is 10.00 Å². The monoisotopic (exact) mass is 296 g/mol. The van der Waals surface area contributed by atoms with Gasteiger partial charge in [0.05, 0.1) is 10.6 Å². The van der Waals surface area contributed by atoms with Gasteiger partial charge in [-0.25, -0.2) is 4.98 Å². The normalized spacial score (nSPS) is 10.9. The zero-order chi connectivity index (χ0) is 13.3. The lowest BCUT2D eigenvalue weighted by Gasteiger charge is -2.02.